The topological polar surface area (TPSA) is 64.0 Å². The van der Waals surface area contributed by atoms with E-state index in [1.165, 1.54) is 34.6 Å². The lowest BCUT2D eigenvalue weighted by Crippen LogP contribution is -2.24. The standard InChI is InChI=1S/C20H18FN3O2S/c1-13-7-9-15(10-8-13)24-19(25)12-11-18(23-24)27-14(2)20(26)22-17-6-4-3-5-16(17)21/h3-12,14H,1-2H3,(H,22,26)/t14-/m0/s1. The van der Waals surface area contributed by atoms with Gasteiger partial charge in [-0.25, -0.2) is 4.39 Å². The Hall–Kier alpha value is -2.93. The van der Waals surface area contributed by atoms with Crippen molar-refractivity contribution in [1.29, 1.82) is 0 Å². The first-order valence-corrected chi connectivity index (χ1v) is 9.21. The van der Waals surface area contributed by atoms with Crippen molar-refractivity contribution in [1.82, 2.24) is 9.78 Å². The predicted octanol–water partition coefficient (Wildman–Crippen LogP) is 3.80. The van der Waals surface area contributed by atoms with Crippen LogP contribution in [0.15, 0.2) is 70.5 Å². The smallest absolute Gasteiger partial charge is 0.271 e. The summed E-state index contributed by atoms with van der Waals surface area (Å²) in [7, 11) is 0. The Balaban J connectivity index is 1.76. The molecule has 0 aliphatic heterocycles. The molecule has 2 aromatic carbocycles. The van der Waals surface area contributed by atoms with Crippen LogP contribution in [0.1, 0.15) is 12.5 Å². The van der Waals surface area contributed by atoms with Gasteiger partial charge in [-0.3, -0.25) is 9.59 Å². The minimum atomic E-state index is -0.527. The van der Waals surface area contributed by atoms with E-state index >= 15 is 0 Å². The largest absolute Gasteiger partial charge is 0.323 e. The van der Waals surface area contributed by atoms with Crippen molar-refractivity contribution >= 4 is 23.4 Å². The fraction of sp³-hybridized carbons (Fsp3) is 0.150. The van der Waals surface area contributed by atoms with Gasteiger partial charge in [0.25, 0.3) is 5.56 Å². The molecule has 0 bridgehead atoms. The number of nitrogens with one attached hydrogen (secondary N) is 1. The van der Waals surface area contributed by atoms with Gasteiger partial charge in [0.2, 0.25) is 5.91 Å². The number of halogens is 1. The van der Waals surface area contributed by atoms with Crippen LogP contribution in [0.5, 0.6) is 0 Å². The van der Waals surface area contributed by atoms with Crippen LogP contribution in [0.4, 0.5) is 10.1 Å². The van der Waals surface area contributed by atoms with E-state index in [2.05, 4.69) is 10.4 Å². The van der Waals surface area contributed by atoms with Crippen LogP contribution in [0.2, 0.25) is 0 Å². The molecule has 1 heterocycles. The lowest BCUT2D eigenvalue weighted by molar-refractivity contribution is -0.115. The molecule has 0 unspecified atom stereocenters. The molecule has 5 nitrogen and oxygen atoms in total. The summed E-state index contributed by atoms with van der Waals surface area (Å²) in [5.74, 6) is -0.839. The van der Waals surface area contributed by atoms with E-state index in [0.29, 0.717) is 10.7 Å². The van der Waals surface area contributed by atoms with Gasteiger partial charge in [0.1, 0.15) is 10.8 Å². The molecule has 1 atom stereocenters. The van der Waals surface area contributed by atoms with E-state index in [1.807, 2.05) is 31.2 Å². The van der Waals surface area contributed by atoms with Crippen molar-refractivity contribution in [2.45, 2.75) is 24.1 Å². The number of hydrogen-bond donors (Lipinski definition) is 1. The molecule has 0 aliphatic carbocycles. The van der Waals surface area contributed by atoms with Gasteiger partial charge in [-0.1, -0.05) is 41.6 Å². The van der Waals surface area contributed by atoms with Crippen LogP contribution in [-0.4, -0.2) is 20.9 Å². The molecule has 27 heavy (non-hydrogen) atoms. The fourth-order valence-corrected chi connectivity index (χ4v) is 3.16. The van der Waals surface area contributed by atoms with E-state index < -0.39 is 11.1 Å². The number of rotatable bonds is 5. The summed E-state index contributed by atoms with van der Waals surface area (Å²) in [5, 5.41) is 6.89. The van der Waals surface area contributed by atoms with Gasteiger partial charge in [-0.15, -0.1) is 0 Å². The van der Waals surface area contributed by atoms with Gasteiger partial charge in [0, 0.05) is 6.07 Å². The molecule has 3 rings (SSSR count). The quantitative estimate of drug-likeness (QED) is 0.681. The number of aromatic nitrogens is 2. The first kappa shape index (κ1) is 18.8. The molecule has 1 amide bonds. The Morgan fingerprint density at radius 1 is 1.11 bits per heavy atom. The number of hydrogen-bond acceptors (Lipinski definition) is 4. The second-order valence-electron chi connectivity index (χ2n) is 5.99. The molecule has 3 aromatic rings. The van der Waals surface area contributed by atoms with Crippen molar-refractivity contribution < 1.29 is 9.18 Å². The maximum Gasteiger partial charge on any atom is 0.271 e. The van der Waals surface area contributed by atoms with E-state index in [1.54, 1.807) is 25.1 Å². The van der Waals surface area contributed by atoms with Crippen LogP contribution < -0.4 is 10.9 Å². The predicted molar refractivity (Wildman–Crippen MR) is 105 cm³/mol. The Morgan fingerprint density at radius 2 is 1.81 bits per heavy atom. The molecule has 0 aliphatic rings. The molecular weight excluding hydrogens is 365 g/mol. The van der Waals surface area contributed by atoms with E-state index in [-0.39, 0.29) is 17.2 Å². The minimum absolute atomic E-state index is 0.132. The number of aryl methyl sites for hydroxylation is 1. The van der Waals surface area contributed by atoms with E-state index in [4.69, 9.17) is 0 Å². The molecule has 138 valence electrons. The number of carbonyl (C=O) groups is 1. The first-order chi connectivity index (χ1) is 12.9. The van der Waals surface area contributed by atoms with Crippen molar-refractivity contribution in [3.05, 3.63) is 82.4 Å². The highest BCUT2D eigenvalue weighted by atomic mass is 32.2. The number of para-hydroxylation sites is 1. The lowest BCUT2D eigenvalue weighted by atomic mass is 10.2. The summed E-state index contributed by atoms with van der Waals surface area (Å²) in [6.07, 6.45) is 0. The van der Waals surface area contributed by atoms with Gasteiger partial charge in [-0.05, 0) is 44.2 Å². The zero-order valence-electron chi connectivity index (χ0n) is 14.8. The number of amides is 1. The van der Waals surface area contributed by atoms with Gasteiger partial charge >= 0.3 is 0 Å². The summed E-state index contributed by atoms with van der Waals surface area (Å²) >= 11 is 1.19. The van der Waals surface area contributed by atoms with Crippen molar-refractivity contribution in [2.75, 3.05) is 5.32 Å². The Kier molecular flexibility index (Phi) is 5.71. The molecule has 0 spiro atoms. The molecule has 0 fully saturated rings. The van der Waals surface area contributed by atoms with Crippen LogP contribution in [-0.2, 0) is 4.79 Å². The third-order valence-corrected chi connectivity index (χ3v) is 4.88. The van der Waals surface area contributed by atoms with Crippen LogP contribution >= 0.6 is 11.8 Å². The van der Waals surface area contributed by atoms with Crippen molar-refractivity contribution in [2.24, 2.45) is 0 Å². The molecular formula is C20H18FN3O2S. The number of benzene rings is 2. The molecule has 0 radical (unpaired) electrons. The number of anilines is 1. The van der Waals surface area contributed by atoms with Crippen LogP contribution in [0.25, 0.3) is 5.69 Å². The Morgan fingerprint density at radius 3 is 2.52 bits per heavy atom. The SMILES string of the molecule is Cc1ccc(-n2nc(S[C@@H](C)C(=O)Nc3ccccc3F)ccc2=O)cc1. The molecule has 1 aromatic heterocycles. The number of nitrogens with zero attached hydrogens (tertiary/aromatic N) is 2. The van der Waals surface area contributed by atoms with Gasteiger partial charge in [-0.2, -0.15) is 9.78 Å². The monoisotopic (exact) mass is 383 g/mol. The van der Waals surface area contributed by atoms with Crippen LogP contribution in [0, 0.1) is 12.7 Å². The maximum absolute atomic E-state index is 13.7. The van der Waals surface area contributed by atoms with Crippen LogP contribution in [0.3, 0.4) is 0 Å². The normalized spacial score (nSPS) is 11.8. The highest BCUT2D eigenvalue weighted by molar-refractivity contribution is 8.00. The highest BCUT2D eigenvalue weighted by Crippen LogP contribution is 2.22. The fourth-order valence-electron chi connectivity index (χ4n) is 2.36. The maximum atomic E-state index is 13.7. The Bertz CT molecular complexity index is 1020. The van der Waals surface area contributed by atoms with E-state index in [0.717, 1.165) is 5.56 Å². The third-order valence-electron chi connectivity index (χ3n) is 3.85. The molecule has 0 saturated heterocycles. The highest BCUT2D eigenvalue weighted by Gasteiger charge is 2.17. The molecule has 7 heteroatoms. The lowest BCUT2D eigenvalue weighted by Gasteiger charge is -2.13. The summed E-state index contributed by atoms with van der Waals surface area (Å²) in [6, 6.07) is 16.4. The number of thioether (sulfide) groups is 1. The zero-order valence-corrected chi connectivity index (χ0v) is 15.7. The van der Waals surface area contributed by atoms with Crippen molar-refractivity contribution in [3.63, 3.8) is 0 Å². The summed E-state index contributed by atoms with van der Waals surface area (Å²) in [6.45, 7) is 3.66. The van der Waals surface area contributed by atoms with Crippen molar-refractivity contribution in [3.8, 4) is 5.69 Å². The van der Waals surface area contributed by atoms with Gasteiger partial charge in [0.15, 0.2) is 0 Å². The minimum Gasteiger partial charge on any atom is -0.323 e. The summed E-state index contributed by atoms with van der Waals surface area (Å²) in [4.78, 5) is 24.5. The van der Waals surface area contributed by atoms with Gasteiger partial charge < -0.3 is 5.32 Å². The molecule has 0 saturated carbocycles. The zero-order chi connectivity index (χ0) is 19.4. The summed E-state index contributed by atoms with van der Waals surface area (Å²) < 4.78 is 15.0. The summed E-state index contributed by atoms with van der Waals surface area (Å²) in [5.41, 5.74) is 1.60. The number of carbonyl (C=O) groups excluding carboxylic acids is 1. The van der Waals surface area contributed by atoms with Gasteiger partial charge in [0.05, 0.1) is 16.6 Å². The third kappa shape index (κ3) is 4.62. The average Bonchev–Trinajstić information content (AvgIpc) is 2.66. The second-order valence-corrected chi connectivity index (χ2v) is 7.35. The van der Waals surface area contributed by atoms with E-state index in [9.17, 15) is 14.0 Å². The molecule has 1 N–H and O–H groups in total. The second kappa shape index (κ2) is 8.18. The Labute approximate surface area is 160 Å². The average molecular weight is 383 g/mol. The first-order valence-electron chi connectivity index (χ1n) is 8.33.